The molecule has 5 nitrogen and oxygen atoms in total. The van der Waals surface area contributed by atoms with Gasteiger partial charge in [0.1, 0.15) is 12.0 Å². The monoisotopic (exact) mass is 295 g/mol. The number of hydrogen-bond donors (Lipinski definition) is 2. The normalized spacial score (nSPS) is 19.9. The van der Waals surface area contributed by atoms with Crippen molar-refractivity contribution in [3.8, 4) is 5.75 Å². The van der Waals surface area contributed by atoms with Crippen LogP contribution in [0, 0.1) is 17.8 Å². The average molecular weight is 295 g/mol. The van der Waals surface area contributed by atoms with Crippen molar-refractivity contribution < 1.29 is 19.1 Å². The van der Waals surface area contributed by atoms with Gasteiger partial charge in [-0.25, -0.2) is 0 Å². The molecule has 2 heterocycles. The molecular weight excluding hydrogens is 270 g/mol. The van der Waals surface area contributed by atoms with Crippen molar-refractivity contribution in [1.82, 2.24) is 5.32 Å². The van der Waals surface area contributed by atoms with Crippen LogP contribution in [-0.4, -0.2) is 30.8 Å². The molecule has 2 atom stereocenters. The molecule has 0 aliphatic carbocycles. The second-order valence-corrected chi connectivity index (χ2v) is 6.18. The van der Waals surface area contributed by atoms with Gasteiger partial charge in [0, 0.05) is 12.5 Å². The summed E-state index contributed by atoms with van der Waals surface area (Å²) in [5, 5.41) is 12.6. The van der Waals surface area contributed by atoms with E-state index in [4.69, 9.17) is 9.15 Å². The Morgan fingerprint density at radius 1 is 1.57 bits per heavy atom. The van der Waals surface area contributed by atoms with E-state index in [-0.39, 0.29) is 5.92 Å². The van der Waals surface area contributed by atoms with Gasteiger partial charge in [0.15, 0.2) is 5.75 Å². The summed E-state index contributed by atoms with van der Waals surface area (Å²) < 4.78 is 11.1. The van der Waals surface area contributed by atoms with Crippen molar-refractivity contribution in [3.63, 3.8) is 0 Å². The van der Waals surface area contributed by atoms with Crippen LogP contribution in [0.4, 0.5) is 0 Å². The van der Waals surface area contributed by atoms with E-state index in [9.17, 15) is 9.90 Å². The van der Waals surface area contributed by atoms with Gasteiger partial charge in [0.25, 0.3) is 0 Å². The molecule has 21 heavy (non-hydrogen) atoms. The number of aliphatic carboxylic acids is 1. The summed E-state index contributed by atoms with van der Waals surface area (Å²) in [6, 6.07) is 1.82. The summed E-state index contributed by atoms with van der Waals surface area (Å²) in [5.74, 6) is 1.02. The third-order valence-corrected chi connectivity index (χ3v) is 4.00. The van der Waals surface area contributed by atoms with Gasteiger partial charge >= 0.3 is 5.97 Å². The quantitative estimate of drug-likeness (QED) is 0.771. The number of carboxylic acid groups (broad SMARTS) is 1. The third kappa shape index (κ3) is 4.77. The second kappa shape index (κ2) is 7.50. The van der Waals surface area contributed by atoms with Crippen LogP contribution < -0.4 is 10.1 Å². The number of nitrogens with one attached hydrogen (secondary N) is 1. The van der Waals surface area contributed by atoms with E-state index in [2.05, 4.69) is 19.2 Å². The van der Waals surface area contributed by atoms with Crippen molar-refractivity contribution in [2.45, 2.75) is 33.1 Å². The number of furan rings is 1. The Labute approximate surface area is 125 Å². The topological polar surface area (TPSA) is 71.7 Å². The first-order valence-electron chi connectivity index (χ1n) is 7.70. The van der Waals surface area contributed by atoms with Crippen molar-refractivity contribution in [2.75, 3.05) is 19.7 Å². The van der Waals surface area contributed by atoms with Gasteiger partial charge in [-0.05, 0) is 37.8 Å². The van der Waals surface area contributed by atoms with Crippen LogP contribution in [0.3, 0.4) is 0 Å². The Kier molecular flexibility index (Phi) is 5.67. The molecule has 0 aromatic carbocycles. The predicted molar refractivity (Wildman–Crippen MR) is 79.5 cm³/mol. The second-order valence-electron chi connectivity index (χ2n) is 6.18. The van der Waals surface area contributed by atoms with Gasteiger partial charge in [0.05, 0.1) is 12.5 Å². The summed E-state index contributed by atoms with van der Waals surface area (Å²) in [6.45, 7) is 6.63. The number of carboxylic acids is 1. The Bertz CT molecular complexity index is 449. The lowest BCUT2D eigenvalue weighted by molar-refractivity contribution is -0.143. The number of hydrogen-bond acceptors (Lipinski definition) is 4. The summed E-state index contributed by atoms with van der Waals surface area (Å²) in [5.41, 5.74) is 0. The Morgan fingerprint density at radius 3 is 3.00 bits per heavy atom. The molecule has 1 aromatic rings. The maximum absolute atomic E-state index is 11.4. The fraction of sp³-hybridized carbons (Fsp3) is 0.688. The van der Waals surface area contributed by atoms with Crippen molar-refractivity contribution in [1.29, 1.82) is 0 Å². The van der Waals surface area contributed by atoms with E-state index in [0.29, 0.717) is 30.5 Å². The number of carbonyl (C=O) groups is 1. The molecule has 5 heteroatoms. The molecule has 118 valence electrons. The largest absolute Gasteiger partial charge is 0.490 e. The number of rotatable bonds is 8. The van der Waals surface area contributed by atoms with Crippen molar-refractivity contribution in [3.05, 3.63) is 18.1 Å². The highest BCUT2D eigenvalue weighted by Gasteiger charge is 2.31. The lowest BCUT2D eigenvalue weighted by Gasteiger charge is -2.17. The third-order valence-electron chi connectivity index (χ3n) is 4.00. The molecule has 1 fully saturated rings. The lowest BCUT2D eigenvalue weighted by atomic mass is 9.88. The van der Waals surface area contributed by atoms with E-state index in [0.717, 1.165) is 25.9 Å². The fourth-order valence-electron chi connectivity index (χ4n) is 2.65. The first kappa shape index (κ1) is 15.9. The molecular formula is C16H25NO4. The summed E-state index contributed by atoms with van der Waals surface area (Å²) in [7, 11) is 0. The molecule has 1 aliphatic heterocycles. The van der Waals surface area contributed by atoms with Crippen LogP contribution in [0.1, 0.15) is 32.4 Å². The standard InChI is InChI=1S/C16H25NO4/c1-11(2)4-6-20-14-7-13(21-10-14)8-15(16(18)19)12-3-5-17-9-12/h7,10-12,15,17H,3-6,8-9H2,1-2H3,(H,18,19). The van der Waals surface area contributed by atoms with Crippen LogP contribution >= 0.6 is 0 Å². The highest BCUT2D eigenvalue weighted by Crippen LogP contribution is 2.26. The van der Waals surface area contributed by atoms with E-state index >= 15 is 0 Å². The van der Waals surface area contributed by atoms with Gasteiger partial charge in [0.2, 0.25) is 0 Å². The van der Waals surface area contributed by atoms with Gasteiger partial charge < -0.3 is 19.6 Å². The average Bonchev–Trinajstić information content (AvgIpc) is 3.06. The van der Waals surface area contributed by atoms with Crippen LogP contribution in [0.5, 0.6) is 5.75 Å². The molecule has 1 saturated heterocycles. The lowest BCUT2D eigenvalue weighted by Crippen LogP contribution is -2.27. The molecule has 0 bridgehead atoms. The zero-order valence-electron chi connectivity index (χ0n) is 12.8. The molecule has 2 unspecified atom stereocenters. The molecule has 0 saturated carbocycles. The zero-order chi connectivity index (χ0) is 15.2. The highest BCUT2D eigenvalue weighted by atomic mass is 16.5. The maximum atomic E-state index is 11.4. The minimum atomic E-state index is -0.748. The summed E-state index contributed by atoms with van der Waals surface area (Å²) in [4.78, 5) is 11.4. The summed E-state index contributed by atoms with van der Waals surface area (Å²) >= 11 is 0. The first-order valence-corrected chi connectivity index (χ1v) is 7.70. The molecule has 1 aromatic heterocycles. The molecule has 1 aliphatic rings. The van der Waals surface area contributed by atoms with Gasteiger partial charge in [-0.2, -0.15) is 0 Å². The zero-order valence-corrected chi connectivity index (χ0v) is 12.8. The van der Waals surface area contributed by atoms with Crippen LogP contribution in [0.2, 0.25) is 0 Å². The van der Waals surface area contributed by atoms with Crippen LogP contribution in [0.25, 0.3) is 0 Å². The van der Waals surface area contributed by atoms with Crippen molar-refractivity contribution >= 4 is 5.97 Å². The Hall–Kier alpha value is -1.49. The fourth-order valence-corrected chi connectivity index (χ4v) is 2.65. The molecule has 0 amide bonds. The Balaban J connectivity index is 1.88. The number of ether oxygens (including phenoxy) is 1. The predicted octanol–water partition coefficient (Wildman–Crippen LogP) is 2.56. The van der Waals surface area contributed by atoms with Gasteiger partial charge in [-0.15, -0.1) is 0 Å². The van der Waals surface area contributed by atoms with E-state index in [1.165, 1.54) is 0 Å². The molecule has 0 radical (unpaired) electrons. The molecule has 2 N–H and O–H groups in total. The van der Waals surface area contributed by atoms with Gasteiger partial charge in [-0.1, -0.05) is 13.8 Å². The van der Waals surface area contributed by atoms with E-state index in [1.807, 2.05) is 6.07 Å². The van der Waals surface area contributed by atoms with Crippen LogP contribution in [0.15, 0.2) is 16.7 Å². The minimum Gasteiger partial charge on any atom is -0.490 e. The van der Waals surface area contributed by atoms with Crippen molar-refractivity contribution in [2.24, 2.45) is 17.8 Å². The minimum absolute atomic E-state index is 0.179. The van der Waals surface area contributed by atoms with E-state index in [1.54, 1.807) is 6.26 Å². The first-order chi connectivity index (χ1) is 10.1. The SMILES string of the molecule is CC(C)CCOc1coc(CC(C(=O)O)C2CCNC2)c1. The Morgan fingerprint density at radius 2 is 2.38 bits per heavy atom. The smallest absolute Gasteiger partial charge is 0.307 e. The molecule has 0 spiro atoms. The van der Waals surface area contributed by atoms with Crippen LogP contribution in [-0.2, 0) is 11.2 Å². The molecule has 2 rings (SSSR count). The summed E-state index contributed by atoms with van der Waals surface area (Å²) in [6.07, 6.45) is 3.90. The highest BCUT2D eigenvalue weighted by molar-refractivity contribution is 5.70. The van der Waals surface area contributed by atoms with Gasteiger partial charge in [-0.3, -0.25) is 4.79 Å². The maximum Gasteiger partial charge on any atom is 0.307 e. The van der Waals surface area contributed by atoms with E-state index < -0.39 is 11.9 Å².